The van der Waals surface area contributed by atoms with Crippen LogP contribution in [-0.4, -0.2) is 52.1 Å². The van der Waals surface area contributed by atoms with Gasteiger partial charge in [0.2, 0.25) is 11.8 Å². The summed E-state index contributed by atoms with van der Waals surface area (Å²) in [6, 6.07) is 4.39. The number of nitrogens with one attached hydrogen (secondary N) is 2. The van der Waals surface area contributed by atoms with Crippen LogP contribution in [0.15, 0.2) is 24.3 Å². The molecule has 0 aliphatic carbocycles. The van der Waals surface area contributed by atoms with Crippen LogP contribution in [0, 0.1) is 5.92 Å². The number of carbonyl (C=O) groups is 3. The predicted octanol–water partition coefficient (Wildman–Crippen LogP) is 4.14. The van der Waals surface area contributed by atoms with Crippen molar-refractivity contribution in [3.05, 3.63) is 29.8 Å². The van der Waals surface area contributed by atoms with Gasteiger partial charge in [-0.05, 0) is 71.1 Å². The largest absolute Gasteiger partial charge is 0.508 e. The molecule has 1 rings (SSSR count). The Kier molecular flexibility index (Phi) is 10.7. The minimum absolute atomic E-state index is 0.00403. The van der Waals surface area contributed by atoms with Crippen LogP contribution in [0.2, 0.25) is 0 Å². The van der Waals surface area contributed by atoms with E-state index in [-0.39, 0.29) is 29.5 Å². The second-order valence-corrected chi connectivity index (χ2v) is 10.0. The Labute approximate surface area is 198 Å². The normalized spacial score (nSPS) is 13.4. The molecular formula is C25H41N3O5. The van der Waals surface area contributed by atoms with E-state index in [1.165, 1.54) is 17.0 Å². The molecule has 1 aromatic carbocycles. The van der Waals surface area contributed by atoms with E-state index in [1.807, 2.05) is 34.6 Å². The van der Waals surface area contributed by atoms with Crippen molar-refractivity contribution in [3.8, 4) is 5.75 Å². The van der Waals surface area contributed by atoms with Crippen LogP contribution in [0.1, 0.15) is 79.8 Å². The zero-order valence-electron chi connectivity index (χ0n) is 21.3. The molecule has 2 unspecified atom stereocenters. The molecule has 0 radical (unpaired) electrons. The van der Waals surface area contributed by atoms with Crippen molar-refractivity contribution in [2.24, 2.45) is 5.92 Å². The SMILES string of the molecule is CCCN(C(=O)C(CC(C)C)NC(=O)OC(C)(C)C)C(C(=O)NC(C)C)c1cccc(O)c1. The standard InChI is InChI=1S/C25H41N3O5/c1-9-13-28(21(22(30)26-17(4)5)18-11-10-12-19(29)15-18)23(31)20(14-16(2)3)27-24(32)33-25(6,7)8/h10-12,15-17,20-21,29H,9,13-14H2,1-8H3,(H,26,30)(H,27,32). The molecule has 0 saturated heterocycles. The zero-order chi connectivity index (χ0) is 25.3. The number of nitrogens with zero attached hydrogens (tertiary/aromatic N) is 1. The number of phenols is 1. The van der Waals surface area contributed by atoms with Gasteiger partial charge in [-0.2, -0.15) is 0 Å². The number of benzene rings is 1. The Hall–Kier alpha value is -2.77. The highest BCUT2D eigenvalue weighted by molar-refractivity contribution is 5.92. The summed E-state index contributed by atoms with van der Waals surface area (Å²) in [7, 11) is 0. The highest BCUT2D eigenvalue weighted by Gasteiger charge is 2.36. The van der Waals surface area contributed by atoms with Crippen LogP contribution in [-0.2, 0) is 14.3 Å². The lowest BCUT2D eigenvalue weighted by molar-refractivity contribution is -0.143. The van der Waals surface area contributed by atoms with E-state index in [4.69, 9.17) is 4.74 Å². The Balaban J connectivity index is 3.40. The molecule has 0 aliphatic rings. The van der Waals surface area contributed by atoms with Crippen molar-refractivity contribution < 1.29 is 24.2 Å². The zero-order valence-corrected chi connectivity index (χ0v) is 21.3. The molecule has 1 aromatic rings. The second-order valence-electron chi connectivity index (χ2n) is 10.0. The van der Waals surface area contributed by atoms with Gasteiger partial charge in [0.1, 0.15) is 23.4 Å². The first-order chi connectivity index (χ1) is 15.2. The van der Waals surface area contributed by atoms with Crippen LogP contribution in [0.25, 0.3) is 0 Å². The number of ether oxygens (including phenoxy) is 1. The van der Waals surface area contributed by atoms with E-state index in [0.29, 0.717) is 24.9 Å². The van der Waals surface area contributed by atoms with E-state index in [2.05, 4.69) is 10.6 Å². The van der Waals surface area contributed by atoms with Crippen LogP contribution in [0.5, 0.6) is 5.75 Å². The number of alkyl carbamates (subject to hydrolysis) is 1. The van der Waals surface area contributed by atoms with Crippen LogP contribution >= 0.6 is 0 Å². The molecule has 3 N–H and O–H groups in total. The maximum Gasteiger partial charge on any atom is 0.408 e. The lowest BCUT2D eigenvalue weighted by atomic mass is 9.98. The first-order valence-corrected chi connectivity index (χ1v) is 11.6. The fourth-order valence-electron chi connectivity index (χ4n) is 3.48. The van der Waals surface area contributed by atoms with Crippen LogP contribution in [0.3, 0.4) is 0 Å². The summed E-state index contributed by atoms with van der Waals surface area (Å²) < 4.78 is 5.37. The first kappa shape index (κ1) is 28.3. The average molecular weight is 464 g/mol. The summed E-state index contributed by atoms with van der Waals surface area (Å²) in [4.78, 5) is 41.0. The van der Waals surface area contributed by atoms with Crippen molar-refractivity contribution in [3.63, 3.8) is 0 Å². The molecule has 3 amide bonds. The van der Waals surface area contributed by atoms with Crippen molar-refractivity contribution in [1.82, 2.24) is 15.5 Å². The molecule has 8 nitrogen and oxygen atoms in total. The molecule has 0 aromatic heterocycles. The minimum atomic E-state index is -0.956. The lowest BCUT2D eigenvalue weighted by Gasteiger charge is -2.35. The van der Waals surface area contributed by atoms with E-state index in [0.717, 1.165) is 0 Å². The Morgan fingerprint density at radius 1 is 1.09 bits per heavy atom. The fourth-order valence-corrected chi connectivity index (χ4v) is 3.48. The summed E-state index contributed by atoms with van der Waals surface area (Å²) >= 11 is 0. The van der Waals surface area contributed by atoms with Gasteiger partial charge in [-0.15, -0.1) is 0 Å². The third-order valence-electron chi connectivity index (χ3n) is 4.62. The number of carbonyl (C=O) groups excluding carboxylic acids is 3. The highest BCUT2D eigenvalue weighted by Crippen LogP contribution is 2.26. The Morgan fingerprint density at radius 2 is 1.73 bits per heavy atom. The van der Waals surface area contributed by atoms with Gasteiger partial charge in [-0.25, -0.2) is 4.79 Å². The van der Waals surface area contributed by atoms with Crippen molar-refractivity contribution in [2.75, 3.05) is 6.54 Å². The van der Waals surface area contributed by atoms with E-state index in [9.17, 15) is 19.5 Å². The average Bonchev–Trinajstić information content (AvgIpc) is 2.64. The van der Waals surface area contributed by atoms with E-state index in [1.54, 1.807) is 32.9 Å². The third kappa shape index (κ3) is 9.72. The molecule has 2 atom stereocenters. The maximum absolute atomic E-state index is 13.8. The number of rotatable bonds is 10. The van der Waals surface area contributed by atoms with Gasteiger partial charge >= 0.3 is 6.09 Å². The van der Waals surface area contributed by atoms with Crippen LogP contribution < -0.4 is 10.6 Å². The van der Waals surface area contributed by atoms with Gasteiger partial charge in [0, 0.05) is 12.6 Å². The highest BCUT2D eigenvalue weighted by atomic mass is 16.6. The quantitative estimate of drug-likeness (QED) is 0.483. The summed E-state index contributed by atoms with van der Waals surface area (Å²) in [5.41, 5.74) is -0.213. The fraction of sp³-hybridized carbons (Fsp3) is 0.640. The van der Waals surface area contributed by atoms with E-state index >= 15 is 0 Å². The molecule has 0 bridgehead atoms. The monoisotopic (exact) mass is 463 g/mol. The molecule has 0 heterocycles. The molecular weight excluding hydrogens is 422 g/mol. The Bertz CT molecular complexity index is 801. The summed E-state index contributed by atoms with van der Waals surface area (Å²) in [5, 5.41) is 15.6. The summed E-state index contributed by atoms with van der Waals surface area (Å²) in [6.07, 6.45) is 0.312. The molecule has 0 aliphatic heterocycles. The number of phenolic OH excluding ortho intramolecular Hbond substituents is 1. The van der Waals surface area contributed by atoms with Crippen molar-refractivity contribution >= 4 is 17.9 Å². The van der Waals surface area contributed by atoms with Gasteiger partial charge in [0.25, 0.3) is 0 Å². The molecule has 0 saturated carbocycles. The maximum atomic E-state index is 13.8. The first-order valence-electron chi connectivity index (χ1n) is 11.6. The van der Waals surface area contributed by atoms with E-state index < -0.39 is 23.8 Å². The van der Waals surface area contributed by atoms with Gasteiger partial charge in [0.05, 0.1) is 0 Å². The van der Waals surface area contributed by atoms with Gasteiger partial charge in [0.15, 0.2) is 0 Å². The molecule has 8 heteroatoms. The van der Waals surface area contributed by atoms with Gasteiger partial charge < -0.3 is 25.4 Å². The second kappa shape index (κ2) is 12.5. The van der Waals surface area contributed by atoms with Crippen molar-refractivity contribution in [2.45, 2.75) is 92.0 Å². The summed E-state index contributed by atoms with van der Waals surface area (Å²) in [5.74, 6) is -0.605. The lowest BCUT2D eigenvalue weighted by Crippen LogP contribution is -2.54. The van der Waals surface area contributed by atoms with Gasteiger partial charge in [-0.1, -0.05) is 32.9 Å². The number of amides is 3. The van der Waals surface area contributed by atoms with Crippen LogP contribution in [0.4, 0.5) is 4.79 Å². The summed E-state index contributed by atoms with van der Waals surface area (Å²) in [6.45, 7) is 15.1. The molecule has 186 valence electrons. The minimum Gasteiger partial charge on any atom is -0.508 e. The number of hydrogen-bond acceptors (Lipinski definition) is 5. The smallest absolute Gasteiger partial charge is 0.408 e. The molecule has 0 spiro atoms. The van der Waals surface area contributed by atoms with Gasteiger partial charge in [-0.3, -0.25) is 9.59 Å². The molecule has 33 heavy (non-hydrogen) atoms. The molecule has 0 fully saturated rings. The number of aromatic hydroxyl groups is 1. The Morgan fingerprint density at radius 3 is 2.21 bits per heavy atom. The topological polar surface area (TPSA) is 108 Å². The number of hydrogen-bond donors (Lipinski definition) is 3. The van der Waals surface area contributed by atoms with Crippen molar-refractivity contribution in [1.29, 1.82) is 0 Å². The third-order valence-corrected chi connectivity index (χ3v) is 4.62. The predicted molar refractivity (Wildman–Crippen MR) is 129 cm³/mol.